The van der Waals surface area contributed by atoms with Crippen LogP contribution in [-0.4, -0.2) is 45.2 Å². The minimum atomic E-state index is -0.338. The highest BCUT2D eigenvalue weighted by Crippen LogP contribution is 2.29. The van der Waals surface area contributed by atoms with Crippen LogP contribution in [0.3, 0.4) is 0 Å². The second kappa shape index (κ2) is 9.57. The summed E-state index contributed by atoms with van der Waals surface area (Å²) in [5, 5.41) is 8.64. The molecule has 116 valence electrons. The fourth-order valence-electron chi connectivity index (χ4n) is 1.45. The third kappa shape index (κ3) is 6.77. The molecule has 21 heavy (non-hydrogen) atoms. The van der Waals surface area contributed by atoms with E-state index in [4.69, 9.17) is 27.9 Å². The molecule has 0 unspecified atom stereocenters. The Morgan fingerprint density at radius 1 is 1.14 bits per heavy atom. The topological polar surface area (TPSA) is 79.5 Å². The van der Waals surface area contributed by atoms with Gasteiger partial charge in [-0.05, 0) is 12.1 Å². The number of halogens is 2. The summed E-state index contributed by atoms with van der Waals surface area (Å²) in [6.45, 7) is 0.877. The van der Waals surface area contributed by atoms with Gasteiger partial charge >= 0.3 is 0 Å². The van der Waals surface area contributed by atoms with Gasteiger partial charge in [-0.25, -0.2) is 0 Å². The van der Waals surface area contributed by atoms with E-state index in [0.29, 0.717) is 28.9 Å². The molecule has 0 spiro atoms. The van der Waals surface area contributed by atoms with Crippen LogP contribution in [0.1, 0.15) is 0 Å². The molecular weight excluding hydrogens is 317 g/mol. The van der Waals surface area contributed by atoms with Crippen LogP contribution < -0.4 is 16.0 Å². The second-order valence-electron chi connectivity index (χ2n) is 4.09. The first kappa shape index (κ1) is 17.7. The highest BCUT2D eigenvalue weighted by molar-refractivity contribution is 6.39. The molecule has 0 aliphatic carbocycles. The number of rotatable bonds is 8. The number of carbonyl (C=O) groups excluding carboxylic acids is 2. The monoisotopic (exact) mass is 333 g/mol. The quantitative estimate of drug-likeness (QED) is 0.626. The van der Waals surface area contributed by atoms with Gasteiger partial charge in [-0.2, -0.15) is 0 Å². The van der Waals surface area contributed by atoms with Gasteiger partial charge in [0.25, 0.3) is 0 Å². The summed E-state index contributed by atoms with van der Waals surface area (Å²) >= 11 is 11.9. The fraction of sp³-hybridized carbons (Fsp3) is 0.385. The van der Waals surface area contributed by atoms with E-state index in [-0.39, 0.29) is 24.9 Å². The smallest absolute Gasteiger partial charge is 0.238 e. The Hall–Kier alpha value is -1.34. The average Bonchev–Trinajstić information content (AvgIpc) is 2.43. The lowest BCUT2D eigenvalue weighted by atomic mass is 10.3. The molecule has 0 saturated heterocycles. The van der Waals surface area contributed by atoms with Gasteiger partial charge in [-0.15, -0.1) is 0 Å². The first-order valence-corrected chi connectivity index (χ1v) is 7.00. The number of amides is 2. The zero-order valence-electron chi connectivity index (χ0n) is 11.5. The highest BCUT2D eigenvalue weighted by atomic mass is 35.5. The van der Waals surface area contributed by atoms with E-state index in [9.17, 15) is 9.59 Å². The molecule has 0 atom stereocenters. The lowest BCUT2D eigenvalue weighted by molar-refractivity contribution is -0.120. The van der Waals surface area contributed by atoms with E-state index >= 15 is 0 Å². The highest BCUT2D eigenvalue weighted by Gasteiger charge is 2.09. The van der Waals surface area contributed by atoms with Crippen molar-refractivity contribution < 1.29 is 14.3 Å². The van der Waals surface area contributed by atoms with Gasteiger partial charge in [0.05, 0.1) is 35.4 Å². The van der Waals surface area contributed by atoms with Gasteiger partial charge in [0.2, 0.25) is 11.8 Å². The van der Waals surface area contributed by atoms with E-state index in [1.807, 2.05) is 0 Å². The summed E-state index contributed by atoms with van der Waals surface area (Å²) < 4.78 is 4.80. The molecular formula is C13H17Cl2N3O3. The van der Waals surface area contributed by atoms with E-state index in [2.05, 4.69) is 16.0 Å². The first-order valence-electron chi connectivity index (χ1n) is 6.24. The average molecular weight is 334 g/mol. The minimum Gasteiger partial charge on any atom is -0.383 e. The molecule has 2 amide bonds. The van der Waals surface area contributed by atoms with E-state index in [1.165, 1.54) is 0 Å². The maximum absolute atomic E-state index is 11.7. The van der Waals surface area contributed by atoms with Crippen molar-refractivity contribution >= 4 is 40.7 Å². The van der Waals surface area contributed by atoms with Crippen molar-refractivity contribution in [3.8, 4) is 0 Å². The Balaban J connectivity index is 2.30. The van der Waals surface area contributed by atoms with Crippen molar-refractivity contribution in [1.82, 2.24) is 10.6 Å². The molecule has 0 aromatic heterocycles. The number of methoxy groups -OCH3 is 1. The predicted molar refractivity (Wildman–Crippen MR) is 82.8 cm³/mol. The first-order chi connectivity index (χ1) is 10.0. The summed E-state index contributed by atoms with van der Waals surface area (Å²) in [6, 6.07) is 4.93. The summed E-state index contributed by atoms with van der Waals surface area (Å²) in [6.07, 6.45) is 0. The molecule has 0 aliphatic rings. The molecule has 0 bridgehead atoms. The lowest BCUT2D eigenvalue weighted by Crippen LogP contribution is -2.38. The molecule has 1 aromatic carbocycles. The molecule has 0 heterocycles. The number of nitrogens with one attached hydrogen (secondary N) is 3. The number of ether oxygens (including phenoxy) is 1. The van der Waals surface area contributed by atoms with Gasteiger partial charge in [0.15, 0.2) is 0 Å². The lowest BCUT2D eigenvalue weighted by Gasteiger charge is -2.10. The number of carbonyl (C=O) groups is 2. The van der Waals surface area contributed by atoms with Gasteiger partial charge in [-0.3, -0.25) is 14.9 Å². The SMILES string of the molecule is COCCNC(=O)CNCC(=O)Nc1c(Cl)cccc1Cl. The minimum absolute atomic E-state index is 0.0285. The van der Waals surface area contributed by atoms with Crippen LogP contribution >= 0.6 is 23.2 Å². The predicted octanol–water partition coefficient (Wildman–Crippen LogP) is 1.28. The number of hydrogen-bond donors (Lipinski definition) is 3. The van der Waals surface area contributed by atoms with Crippen LogP contribution in [-0.2, 0) is 14.3 Å². The molecule has 0 fully saturated rings. The largest absolute Gasteiger partial charge is 0.383 e. The summed E-state index contributed by atoms with van der Waals surface area (Å²) in [5.74, 6) is -0.551. The number of para-hydroxylation sites is 1. The Kier molecular flexibility index (Phi) is 8.07. The van der Waals surface area contributed by atoms with Crippen LogP contribution in [0.15, 0.2) is 18.2 Å². The Morgan fingerprint density at radius 3 is 2.38 bits per heavy atom. The summed E-state index contributed by atoms with van der Waals surface area (Å²) in [5.41, 5.74) is 0.358. The normalized spacial score (nSPS) is 10.2. The van der Waals surface area contributed by atoms with Crippen molar-refractivity contribution in [3.05, 3.63) is 28.2 Å². The molecule has 0 aliphatic heterocycles. The zero-order valence-corrected chi connectivity index (χ0v) is 13.1. The van der Waals surface area contributed by atoms with Crippen molar-refractivity contribution in [3.63, 3.8) is 0 Å². The van der Waals surface area contributed by atoms with Gasteiger partial charge < -0.3 is 15.4 Å². The standard InChI is InChI=1S/C13H17Cl2N3O3/c1-21-6-5-17-11(19)7-16-8-12(20)18-13-9(14)3-2-4-10(13)15/h2-4,16H,5-8H2,1H3,(H,17,19)(H,18,20). The third-order valence-electron chi connectivity index (χ3n) is 2.43. The molecule has 1 aromatic rings. The van der Waals surface area contributed by atoms with Gasteiger partial charge in [0, 0.05) is 13.7 Å². The van der Waals surface area contributed by atoms with Crippen LogP contribution in [0.4, 0.5) is 5.69 Å². The van der Waals surface area contributed by atoms with E-state index in [0.717, 1.165) is 0 Å². The second-order valence-corrected chi connectivity index (χ2v) is 4.91. The fourth-order valence-corrected chi connectivity index (χ4v) is 1.94. The van der Waals surface area contributed by atoms with E-state index < -0.39 is 0 Å². The number of anilines is 1. The van der Waals surface area contributed by atoms with Crippen molar-refractivity contribution in [2.45, 2.75) is 0 Å². The maximum Gasteiger partial charge on any atom is 0.238 e. The Bertz CT molecular complexity index is 477. The zero-order chi connectivity index (χ0) is 15.7. The van der Waals surface area contributed by atoms with Crippen LogP contribution in [0.5, 0.6) is 0 Å². The van der Waals surface area contributed by atoms with Gasteiger partial charge in [-0.1, -0.05) is 29.3 Å². The molecule has 1 rings (SSSR count). The van der Waals surface area contributed by atoms with Crippen LogP contribution in [0.25, 0.3) is 0 Å². The van der Waals surface area contributed by atoms with Crippen molar-refractivity contribution in [1.29, 1.82) is 0 Å². The molecule has 0 radical (unpaired) electrons. The van der Waals surface area contributed by atoms with Crippen molar-refractivity contribution in [2.24, 2.45) is 0 Å². The molecule has 0 saturated carbocycles. The van der Waals surface area contributed by atoms with Gasteiger partial charge in [0.1, 0.15) is 0 Å². The third-order valence-corrected chi connectivity index (χ3v) is 3.06. The molecule has 6 nitrogen and oxygen atoms in total. The summed E-state index contributed by atoms with van der Waals surface area (Å²) in [4.78, 5) is 23.1. The maximum atomic E-state index is 11.7. The Labute approximate surface area is 133 Å². The number of benzene rings is 1. The molecule has 8 heteroatoms. The van der Waals surface area contributed by atoms with E-state index in [1.54, 1.807) is 25.3 Å². The number of hydrogen-bond acceptors (Lipinski definition) is 4. The Morgan fingerprint density at radius 2 is 1.76 bits per heavy atom. The van der Waals surface area contributed by atoms with Crippen LogP contribution in [0.2, 0.25) is 10.0 Å². The summed E-state index contributed by atoms with van der Waals surface area (Å²) in [7, 11) is 1.55. The molecule has 3 N–H and O–H groups in total. The van der Waals surface area contributed by atoms with Crippen LogP contribution in [0, 0.1) is 0 Å². The van der Waals surface area contributed by atoms with Crippen molar-refractivity contribution in [2.75, 3.05) is 38.7 Å².